The van der Waals surface area contributed by atoms with Gasteiger partial charge in [0, 0.05) is 31.7 Å². The van der Waals surface area contributed by atoms with Crippen LogP contribution in [-0.2, 0) is 6.54 Å². The Labute approximate surface area is 116 Å². The molecule has 0 aromatic heterocycles. The maximum atomic E-state index is 6.04. The highest BCUT2D eigenvalue weighted by atomic mass is 15.2. The van der Waals surface area contributed by atoms with Crippen LogP contribution < -0.4 is 11.1 Å². The molecule has 2 aliphatic rings. The number of nitrogens with zero attached hydrogens (tertiary/aromatic N) is 1. The lowest BCUT2D eigenvalue weighted by atomic mass is 9.98. The molecule has 1 unspecified atom stereocenters. The molecule has 0 bridgehead atoms. The Morgan fingerprint density at radius 1 is 1.26 bits per heavy atom. The van der Waals surface area contributed by atoms with Gasteiger partial charge in [-0.3, -0.25) is 4.90 Å². The molecule has 1 heterocycles. The van der Waals surface area contributed by atoms with E-state index in [2.05, 4.69) is 40.5 Å². The molecule has 0 radical (unpaired) electrons. The smallest absolute Gasteiger partial charge is 0.0445 e. The van der Waals surface area contributed by atoms with E-state index in [1.54, 1.807) is 0 Å². The first-order valence-electron chi connectivity index (χ1n) is 7.51. The van der Waals surface area contributed by atoms with Gasteiger partial charge in [-0.2, -0.15) is 0 Å². The molecule has 3 N–H and O–H groups in total. The zero-order chi connectivity index (χ0) is 13.1. The second-order valence-electron chi connectivity index (χ2n) is 6.25. The fourth-order valence-electron chi connectivity index (χ4n) is 3.00. The van der Waals surface area contributed by atoms with Gasteiger partial charge in [-0.05, 0) is 37.3 Å². The first kappa shape index (κ1) is 13.1. The molecule has 2 fully saturated rings. The summed E-state index contributed by atoms with van der Waals surface area (Å²) in [7, 11) is 0. The van der Waals surface area contributed by atoms with Gasteiger partial charge in [0.2, 0.25) is 0 Å². The average Bonchev–Trinajstić information content (AvgIpc) is 3.20. The molecule has 19 heavy (non-hydrogen) atoms. The highest BCUT2D eigenvalue weighted by Gasteiger charge is 2.37. The Bertz CT molecular complexity index is 402. The third-order valence-corrected chi connectivity index (χ3v) is 4.54. The van der Waals surface area contributed by atoms with Crippen LogP contribution in [0.3, 0.4) is 0 Å². The molecule has 1 aromatic carbocycles. The van der Waals surface area contributed by atoms with Gasteiger partial charge in [-0.25, -0.2) is 0 Å². The first-order chi connectivity index (χ1) is 9.30. The van der Waals surface area contributed by atoms with Gasteiger partial charge in [0.05, 0.1) is 0 Å². The van der Waals surface area contributed by atoms with Gasteiger partial charge in [-0.1, -0.05) is 30.3 Å². The van der Waals surface area contributed by atoms with E-state index in [0.717, 1.165) is 38.6 Å². The van der Waals surface area contributed by atoms with Gasteiger partial charge in [0.15, 0.2) is 0 Å². The lowest BCUT2D eigenvalue weighted by Crippen LogP contribution is -2.53. The van der Waals surface area contributed by atoms with Crippen molar-refractivity contribution in [1.29, 1.82) is 0 Å². The molecule has 1 atom stereocenters. The standard InChI is InChI=1S/C16H25N3/c17-12-16(18-10-14-6-7-14)8-9-19(13-16)11-15-4-2-1-3-5-15/h1-5,14,18H,6-13,17H2. The van der Waals surface area contributed by atoms with Gasteiger partial charge in [-0.15, -0.1) is 0 Å². The summed E-state index contributed by atoms with van der Waals surface area (Å²) in [5, 5.41) is 3.76. The van der Waals surface area contributed by atoms with Crippen molar-refractivity contribution in [3.63, 3.8) is 0 Å². The van der Waals surface area contributed by atoms with Crippen LogP contribution in [0, 0.1) is 5.92 Å². The van der Waals surface area contributed by atoms with Crippen molar-refractivity contribution in [2.45, 2.75) is 31.3 Å². The molecule has 1 aliphatic heterocycles. The Morgan fingerprint density at radius 3 is 2.74 bits per heavy atom. The van der Waals surface area contributed by atoms with Crippen molar-refractivity contribution in [2.75, 3.05) is 26.2 Å². The molecule has 0 spiro atoms. The summed E-state index contributed by atoms with van der Waals surface area (Å²) in [6.07, 6.45) is 3.99. The maximum absolute atomic E-state index is 6.04. The Balaban J connectivity index is 1.55. The molecule has 104 valence electrons. The summed E-state index contributed by atoms with van der Waals surface area (Å²) in [6.45, 7) is 5.21. The molecule has 1 saturated heterocycles. The maximum Gasteiger partial charge on any atom is 0.0445 e. The fourth-order valence-corrected chi connectivity index (χ4v) is 3.00. The SMILES string of the molecule is NCC1(NCC2CC2)CCN(Cc2ccccc2)C1. The lowest BCUT2D eigenvalue weighted by molar-refractivity contribution is 0.276. The highest BCUT2D eigenvalue weighted by molar-refractivity contribution is 5.15. The number of nitrogens with one attached hydrogen (secondary N) is 1. The molecule has 3 rings (SSSR count). The van der Waals surface area contributed by atoms with Crippen molar-refractivity contribution in [3.8, 4) is 0 Å². The topological polar surface area (TPSA) is 41.3 Å². The van der Waals surface area contributed by atoms with Crippen LogP contribution in [0.25, 0.3) is 0 Å². The lowest BCUT2D eigenvalue weighted by Gasteiger charge is -2.29. The molecule has 3 nitrogen and oxygen atoms in total. The van der Waals surface area contributed by atoms with Crippen molar-refractivity contribution in [3.05, 3.63) is 35.9 Å². The number of hydrogen-bond donors (Lipinski definition) is 2. The van der Waals surface area contributed by atoms with Gasteiger partial charge in [0.25, 0.3) is 0 Å². The Morgan fingerprint density at radius 2 is 2.05 bits per heavy atom. The van der Waals surface area contributed by atoms with Crippen LogP contribution in [0.4, 0.5) is 0 Å². The van der Waals surface area contributed by atoms with Crippen molar-refractivity contribution in [2.24, 2.45) is 11.7 Å². The van der Waals surface area contributed by atoms with Crippen LogP contribution in [-0.4, -0.2) is 36.6 Å². The summed E-state index contributed by atoms with van der Waals surface area (Å²) < 4.78 is 0. The number of benzene rings is 1. The predicted octanol–water partition coefficient (Wildman–Crippen LogP) is 1.59. The number of likely N-dealkylation sites (tertiary alicyclic amines) is 1. The second kappa shape index (κ2) is 5.61. The van der Waals surface area contributed by atoms with Crippen LogP contribution in [0.5, 0.6) is 0 Å². The van der Waals surface area contributed by atoms with E-state index >= 15 is 0 Å². The van der Waals surface area contributed by atoms with Crippen molar-refractivity contribution < 1.29 is 0 Å². The van der Waals surface area contributed by atoms with E-state index in [-0.39, 0.29) is 5.54 Å². The molecular weight excluding hydrogens is 234 g/mol. The van der Waals surface area contributed by atoms with E-state index in [0.29, 0.717) is 0 Å². The van der Waals surface area contributed by atoms with Gasteiger partial charge in [0.1, 0.15) is 0 Å². The normalized spacial score (nSPS) is 27.8. The van der Waals surface area contributed by atoms with Crippen LogP contribution >= 0.6 is 0 Å². The predicted molar refractivity (Wildman–Crippen MR) is 78.8 cm³/mol. The summed E-state index contributed by atoms with van der Waals surface area (Å²) in [4.78, 5) is 2.53. The highest BCUT2D eigenvalue weighted by Crippen LogP contribution is 2.30. The third kappa shape index (κ3) is 3.35. The van der Waals surface area contributed by atoms with Gasteiger partial charge < -0.3 is 11.1 Å². The first-order valence-corrected chi connectivity index (χ1v) is 7.51. The quantitative estimate of drug-likeness (QED) is 0.815. The summed E-state index contributed by atoms with van der Waals surface area (Å²) >= 11 is 0. The van der Waals surface area contributed by atoms with E-state index < -0.39 is 0 Å². The molecule has 1 saturated carbocycles. The molecule has 3 heteroatoms. The van der Waals surface area contributed by atoms with Crippen molar-refractivity contribution >= 4 is 0 Å². The summed E-state index contributed by atoms with van der Waals surface area (Å²) in [5.74, 6) is 0.923. The van der Waals surface area contributed by atoms with Crippen LogP contribution in [0.15, 0.2) is 30.3 Å². The molecule has 1 aliphatic carbocycles. The van der Waals surface area contributed by atoms with E-state index in [1.807, 2.05) is 0 Å². The monoisotopic (exact) mass is 259 g/mol. The third-order valence-electron chi connectivity index (χ3n) is 4.54. The van der Waals surface area contributed by atoms with Crippen LogP contribution in [0.1, 0.15) is 24.8 Å². The number of nitrogens with two attached hydrogens (primary N) is 1. The van der Waals surface area contributed by atoms with E-state index in [4.69, 9.17) is 5.73 Å². The Kier molecular flexibility index (Phi) is 3.87. The Hall–Kier alpha value is -0.900. The van der Waals surface area contributed by atoms with E-state index in [9.17, 15) is 0 Å². The number of hydrogen-bond acceptors (Lipinski definition) is 3. The molecular formula is C16H25N3. The van der Waals surface area contributed by atoms with Gasteiger partial charge >= 0.3 is 0 Å². The molecule has 1 aromatic rings. The summed E-state index contributed by atoms with van der Waals surface area (Å²) in [5.41, 5.74) is 7.61. The number of rotatable bonds is 6. The zero-order valence-corrected chi connectivity index (χ0v) is 11.6. The fraction of sp³-hybridized carbons (Fsp3) is 0.625. The van der Waals surface area contributed by atoms with Crippen molar-refractivity contribution in [1.82, 2.24) is 10.2 Å². The zero-order valence-electron chi connectivity index (χ0n) is 11.6. The average molecular weight is 259 g/mol. The second-order valence-corrected chi connectivity index (χ2v) is 6.25. The van der Waals surface area contributed by atoms with E-state index in [1.165, 1.54) is 24.8 Å². The largest absolute Gasteiger partial charge is 0.329 e. The minimum absolute atomic E-state index is 0.164. The molecule has 0 amide bonds. The minimum atomic E-state index is 0.164. The van der Waals surface area contributed by atoms with Crippen LogP contribution in [0.2, 0.25) is 0 Å². The summed E-state index contributed by atoms with van der Waals surface area (Å²) in [6, 6.07) is 10.7. The minimum Gasteiger partial charge on any atom is -0.329 e.